The molecule has 27 heavy (non-hydrogen) atoms. The van der Waals surface area contributed by atoms with Crippen molar-refractivity contribution in [3.05, 3.63) is 64.9 Å². The van der Waals surface area contributed by atoms with Crippen molar-refractivity contribution < 1.29 is 23.2 Å². The second-order valence-corrected chi connectivity index (χ2v) is 7.10. The molecule has 0 saturated carbocycles. The van der Waals surface area contributed by atoms with Gasteiger partial charge in [0.05, 0.1) is 28.3 Å². The first-order valence-corrected chi connectivity index (χ1v) is 9.04. The minimum atomic E-state index is -4.11. The van der Waals surface area contributed by atoms with Crippen LogP contribution < -0.4 is 10.1 Å². The Labute approximate surface area is 153 Å². The predicted octanol–water partition coefficient (Wildman–Crippen LogP) is 0.940. The molecular weight excluding hydrogens is 376 g/mol. The van der Waals surface area contributed by atoms with Crippen molar-refractivity contribution in [2.45, 2.75) is 4.90 Å². The summed E-state index contributed by atoms with van der Waals surface area (Å²) in [5.74, 6) is -0.979. The average Bonchev–Trinajstić information content (AvgIpc) is 2.90. The zero-order chi connectivity index (χ0) is 19.6. The van der Waals surface area contributed by atoms with E-state index in [1.807, 2.05) is 4.83 Å². The Morgan fingerprint density at radius 2 is 1.74 bits per heavy atom. The summed E-state index contributed by atoms with van der Waals surface area (Å²) in [5.41, 5.74) is 0.284. The first kappa shape index (κ1) is 18.5. The van der Waals surface area contributed by atoms with Crippen molar-refractivity contribution in [1.29, 1.82) is 0 Å². The highest BCUT2D eigenvalue weighted by atomic mass is 32.2. The van der Waals surface area contributed by atoms with E-state index in [-0.39, 0.29) is 28.3 Å². The summed E-state index contributed by atoms with van der Waals surface area (Å²) in [6.45, 7) is -0.222. The van der Waals surface area contributed by atoms with Crippen molar-refractivity contribution in [2.24, 2.45) is 5.10 Å². The zero-order valence-corrected chi connectivity index (χ0v) is 14.5. The molecule has 2 aromatic carbocycles. The quantitative estimate of drug-likeness (QED) is 0.425. The van der Waals surface area contributed by atoms with Crippen molar-refractivity contribution in [3.8, 4) is 0 Å². The van der Waals surface area contributed by atoms with Gasteiger partial charge < -0.3 is 10.4 Å². The van der Waals surface area contributed by atoms with E-state index < -0.39 is 27.1 Å². The lowest BCUT2D eigenvalue weighted by atomic mass is 10.1. The summed E-state index contributed by atoms with van der Waals surface area (Å²) in [4.78, 5) is 26.9. The van der Waals surface area contributed by atoms with Crippen molar-refractivity contribution in [2.75, 3.05) is 11.8 Å². The van der Waals surface area contributed by atoms with Crippen LogP contribution in [0.3, 0.4) is 0 Å². The van der Waals surface area contributed by atoms with Crippen molar-refractivity contribution in [3.63, 3.8) is 0 Å². The summed E-state index contributed by atoms with van der Waals surface area (Å²) in [6, 6.07) is 11.0. The van der Waals surface area contributed by atoms with Crippen LogP contribution in [-0.2, 0) is 10.0 Å². The van der Waals surface area contributed by atoms with E-state index in [2.05, 4.69) is 5.10 Å². The SMILES string of the molecule is O=C1c2ccccc2C(=O)N1C/C=N\NS(=O)(=O)c1cccc(N([O-])O)c1. The maximum atomic E-state index is 12.2. The molecule has 0 radical (unpaired) electrons. The third-order valence-electron chi connectivity index (χ3n) is 3.76. The van der Waals surface area contributed by atoms with Gasteiger partial charge >= 0.3 is 0 Å². The highest BCUT2D eigenvalue weighted by Crippen LogP contribution is 2.21. The highest BCUT2D eigenvalue weighted by Gasteiger charge is 2.34. The van der Waals surface area contributed by atoms with E-state index in [9.17, 15) is 23.2 Å². The normalized spacial score (nSPS) is 13.9. The van der Waals surface area contributed by atoms with Crippen LogP contribution in [0.15, 0.2) is 58.5 Å². The topological polar surface area (TPSA) is 142 Å². The first-order valence-electron chi connectivity index (χ1n) is 7.56. The van der Waals surface area contributed by atoms with Crippen LogP contribution in [0.1, 0.15) is 20.7 Å². The number of imide groups is 1. The lowest BCUT2D eigenvalue weighted by molar-refractivity contribution is 0.0679. The van der Waals surface area contributed by atoms with Gasteiger partial charge in [-0.05, 0) is 30.3 Å². The largest absolute Gasteiger partial charge is 0.733 e. The molecule has 3 rings (SSSR count). The molecule has 0 saturated heterocycles. The molecule has 0 spiro atoms. The molecule has 1 aliphatic rings. The van der Waals surface area contributed by atoms with E-state index in [1.54, 1.807) is 12.1 Å². The minimum absolute atomic E-state index is 0.222. The molecule has 2 aromatic rings. The lowest BCUT2D eigenvalue weighted by Crippen LogP contribution is -2.32. The standard InChI is InChI=1S/C16H13N4O6S/c21-15-13-6-1-2-7-14(13)16(22)19(15)9-8-17-18-27(25,26)12-5-3-4-11(10-12)20(23)24/h1-8,10,18,23H,9H2/q-1/b17-8-. The summed E-state index contributed by atoms with van der Waals surface area (Å²) < 4.78 is 24.3. The fourth-order valence-corrected chi connectivity index (χ4v) is 3.31. The van der Waals surface area contributed by atoms with Crippen LogP contribution in [0, 0.1) is 5.21 Å². The number of anilines is 1. The molecule has 0 aromatic heterocycles. The maximum Gasteiger partial charge on any atom is 0.276 e. The molecule has 11 heteroatoms. The Hall–Kier alpha value is -3.28. The molecule has 0 atom stereocenters. The van der Waals surface area contributed by atoms with Gasteiger partial charge in [-0.1, -0.05) is 18.2 Å². The third kappa shape index (κ3) is 3.65. The Bertz CT molecular complexity index is 1000. The molecule has 1 heterocycles. The lowest BCUT2D eigenvalue weighted by Gasteiger charge is -2.21. The Kier molecular flexibility index (Phi) is 4.90. The Morgan fingerprint density at radius 3 is 2.33 bits per heavy atom. The number of benzene rings is 2. The molecular formula is C16H13N4O6S-. The van der Waals surface area contributed by atoms with Gasteiger partial charge in [-0.15, -0.1) is 0 Å². The molecule has 2 N–H and O–H groups in total. The van der Waals surface area contributed by atoms with Crippen molar-refractivity contribution >= 4 is 33.7 Å². The summed E-state index contributed by atoms with van der Waals surface area (Å²) in [5, 5.41) is 22.7. The zero-order valence-electron chi connectivity index (χ0n) is 13.6. The molecule has 0 fully saturated rings. The van der Waals surface area contributed by atoms with Crippen LogP contribution in [-0.4, -0.2) is 43.1 Å². The van der Waals surface area contributed by atoms with Crippen LogP contribution in [0.2, 0.25) is 0 Å². The molecule has 0 unspecified atom stereocenters. The second-order valence-electron chi connectivity index (χ2n) is 5.44. The predicted molar refractivity (Wildman–Crippen MR) is 94.7 cm³/mol. The van der Waals surface area contributed by atoms with Crippen LogP contribution in [0.25, 0.3) is 0 Å². The summed E-state index contributed by atoms with van der Waals surface area (Å²) in [7, 11) is -4.11. The van der Waals surface area contributed by atoms with Gasteiger partial charge in [0.1, 0.15) is 0 Å². The highest BCUT2D eigenvalue weighted by molar-refractivity contribution is 7.89. The molecule has 10 nitrogen and oxygen atoms in total. The number of hydrogen-bond acceptors (Lipinski definition) is 8. The van der Waals surface area contributed by atoms with Crippen LogP contribution in [0.5, 0.6) is 0 Å². The van der Waals surface area contributed by atoms with Gasteiger partial charge in [-0.25, -0.2) is 4.83 Å². The fourth-order valence-electron chi connectivity index (χ4n) is 2.46. The van der Waals surface area contributed by atoms with Gasteiger partial charge in [0.25, 0.3) is 21.8 Å². The Balaban J connectivity index is 1.67. The maximum absolute atomic E-state index is 12.2. The number of nitrogens with one attached hydrogen (secondary N) is 1. The smallest absolute Gasteiger partial charge is 0.276 e. The molecule has 2 amide bonds. The number of sulfonamides is 1. The average molecular weight is 389 g/mol. The first-order chi connectivity index (χ1) is 12.8. The second kappa shape index (κ2) is 7.15. The van der Waals surface area contributed by atoms with Gasteiger partial charge in [0, 0.05) is 6.21 Å². The molecule has 140 valence electrons. The van der Waals surface area contributed by atoms with Gasteiger partial charge in [-0.2, -0.15) is 13.5 Å². The van der Waals surface area contributed by atoms with Crippen molar-refractivity contribution in [1.82, 2.24) is 9.73 Å². The van der Waals surface area contributed by atoms with E-state index in [0.717, 1.165) is 17.2 Å². The minimum Gasteiger partial charge on any atom is -0.733 e. The number of carbonyl (C=O) groups excluding carboxylic acids is 2. The van der Waals surface area contributed by atoms with Gasteiger partial charge in [0.15, 0.2) is 0 Å². The fraction of sp³-hybridized carbons (Fsp3) is 0.0625. The molecule has 0 bridgehead atoms. The number of carbonyl (C=O) groups is 2. The molecule has 1 aliphatic heterocycles. The van der Waals surface area contributed by atoms with Gasteiger partial charge in [-0.3, -0.25) is 19.7 Å². The summed E-state index contributed by atoms with van der Waals surface area (Å²) in [6.07, 6.45) is 1.06. The number of fused-ring (bicyclic) bond motifs is 1. The molecule has 0 aliphatic carbocycles. The third-order valence-corrected chi connectivity index (χ3v) is 4.98. The number of rotatable bonds is 6. The van der Waals surface area contributed by atoms with Crippen LogP contribution >= 0.6 is 0 Å². The van der Waals surface area contributed by atoms with E-state index >= 15 is 0 Å². The number of hydrazone groups is 1. The van der Waals surface area contributed by atoms with E-state index in [0.29, 0.717) is 0 Å². The van der Waals surface area contributed by atoms with Crippen LogP contribution in [0.4, 0.5) is 5.69 Å². The Morgan fingerprint density at radius 1 is 1.11 bits per heavy atom. The number of nitrogens with zero attached hydrogens (tertiary/aromatic N) is 3. The van der Waals surface area contributed by atoms with E-state index in [1.165, 1.54) is 30.3 Å². The van der Waals surface area contributed by atoms with E-state index in [4.69, 9.17) is 5.21 Å². The summed E-state index contributed by atoms with van der Waals surface area (Å²) >= 11 is 0. The number of amides is 2. The van der Waals surface area contributed by atoms with Gasteiger partial charge in [0.2, 0.25) is 0 Å². The number of hydrogen-bond donors (Lipinski definition) is 2. The monoisotopic (exact) mass is 389 g/mol.